The van der Waals surface area contributed by atoms with Crippen LogP contribution in [0.5, 0.6) is 17.2 Å². The van der Waals surface area contributed by atoms with E-state index in [0.717, 1.165) is 0 Å². The fourth-order valence-electron chi connectivity index (χ4n) is 3.66. The molecule has 0 radical (unpaired) electrons. The van der Waals surface area contributed by atoms with Crippen molar-refractivity contribution in [3.63, 3.8) is 0 Å². The molecule has 1 heterocycles. The molecule has 1 aliphatic heterocycles. The summed E-state index contributed by atoms with van der Waals surface area (Å²) >= 11 is 0. The second-order valence-electron chi connectivity index (χ2n) is 7.92. The number of fused-ring (bicyclic) bond motifs is 1. The summed E-state index contributed by atoms with van der Waals surface area (Å²) in [6.45, 7) is 2.01. The lowest BCUT2D eigenvalue weighted by molar-refractivity contribution is -0.148. The zero-order chi connectivity index (χ0) is 26.4. The van der Waals surface area contributed by atoms with Crippen LogP contribution >= 0.6 is 0 Å². The van der Waals surface area contributed by atoms with Gasteiger partial charge < -0.3 is 23.8 Å². The molecule has 0 spiro atoms. The highest BCUT2D eigenvalue weighted by Crippen LogP contribution is 2.33. The summed E-state index contributed by atoms with van der Waals surface area (Å²) in [5, 5.41) is 0. The van der Waals surface area contributed by atoms with E-state index in [1.165, 1.54) is 36.3 Å². The Bertz CT molecular complexity index is 1360. The van der Waals surface area contributed by atoms with Crippen molar-refractivity contribution >= 4 is 33.3 Å². The summed E-state index contributed by atoms with van der Waals surface area (Å²) < 4.78 is 49.3. The Morgan fingerprint density at radius 2 is 1.62 bits per heavy atom. The van der Waals surface area contributed by atoms with Gasteiger partial charge in [0.1, 0.15) is 17.2 Å². The Morgan fingerprint density at radius 3 is 2.30 bits per heavy atom. The molecule has 0 fully saturated rings. The van der Waals surface area contributed by atoms with E-state index in [-0.39, 0.29) is 18.0 Å². The summed E-state index contributed by atoms with van der Waals surface area (Å²) in [4.78, 5) is 26.4. The Labute approximate surface area is 214 Å². The zero-order valence-corrected chi connectivity index (χ0v) is 21.1. The molecule has 0 bridgehead atoms. The number of carbonyl (C=O) groups is 2. The monoisotopic (exact) mass is 526 g/mol. The molecule has 1 unspecified atom stereocenters. The first-order chi connectivity index (χ1) is 17.8. The molecule has 10 nitrogen and oxygen atoms in total. The minimum atomic E-state index is -3.83. The van der Waals surface area contributed by atoms with E-state index in [1.807, 2.05) is 6.92 Å². The van der Waals surface area contributed by atoms with E-state index < -0.39 is 28.0 Å². The van der Waals surface area contributed by atoms with Crippen molar-refractivity contribution in [2.45, 2.75) is 17.9 Å². The number of nitrogens with one attached hydrogen (secondary N) is 1. The van der Waals surface area contributed by atoms with E-state index >= 15 is 0 Å². The van der Waals surface area contributed by atoms with Gasteiger partial charge in [-0.05, 0) is 67.6 Å². The smallest absolute Gasteiger partial charge is 0.348 e. The fraction of sp³-hybridized carbons (Fsp3) is 0.231. The van der Waals surface area contributed by atoms with Gasteiger partial charge in [-0.3, -0.25) is 9.52 Å². The van der Waals surface area contributed by atoms with Crippen molar-refractivity contribution in [3.05, 3.63) is 72.8 Å². The van der Waals surface area contributed by atoms with Gasteiger partial charge in [-0.25, -0.2) is 13.2 Å². The Morgan fingerprint density at radius 1 is 0.973 bits per heavy atom. The van der Waals surface area contributed by atoms with E-state index in [2.05, 4.69) is 4.72 Å². The third-order valence-corrected chi connectivity index (χ3v) is 6.85. The predicted molar refractivity (Wildman–Crippen MR) is 136 cm³/mol. The number of ether oxygens (including phenoxy) is 4. The van der Waals surface area contributed by atoms with Gasteiger partial charge >= 0.3 is 5.97 Å². The van der Waals surface area contributed by atoms with Crippen LogP contribution in [-0.2, 0) is 24.3 Å². The van der Waals surface area contributed by atoms with Gasteiger partial charge in [0.05, 0.1) is 30.8 Å². The lowest BCUT2D eigenvalue weighted by Gasteiger charge is -2.33. The predicted octanol–water partition coefficient (Wildman–Crippen LogP) is 3.23. The van der Waals surface area contributed by atoms with Crippen LogP contribution in [0.15, 0.2) is 77.7 Å². The molecule has 0 aliphatic carbocycles. The first-order valence-corrected chi connectivity index (χ1v) is 12.9. The van der Waals surface area contributed by atoms with Crippen LogP contribution < -0.4 is 23.8 Å². The van der Waals surface area contributed by atoms with Crippen molar-refractivity contribution in [3.8, 4) is 17.2 Å². The van der Waals surface area contributed by atoms with Gasteiger partial charge in [0.25, 0.3) is 15.9 Å². The minimum Gasteiger partial charge on any atom is -0.494 e. The molecule has 37 heavy (non-hydrogen) atoms. The highest BCUT2D eigenvalue weighted by molar-refractivity contribution is 7.92. The number of sulfonamides is 1. The quantitative estimate of drug-likeness (QED) is 0.422. The number of anilines is 2. The molecule has 1 atom stereocenters. The molecule has 1 N–H and O–H groups in total. The molecule has 11 heteroatoms. The highest BCUT2D eigenvalue weighted by atomic mass is 32.2. The standard InChI is InChI=1S/C26H26N2O8S/c1-3-34-19-10-8-18(9-11-19)27-37(31,32)21-14-12-20(13-15-21)35-17-25(29)28-16-24(26(30)33-2)36-23-7-5-4-6-22(23)28/h4-15,24,27H,3,16-17H2,1-2H3. The number of hydrogen-bond acceptors (Lipinski definition) is 8. The van der Waals surface area contributed by atoms with Crippen molar-refractivity contribution < 1.29 is 37.0 Å². The van der Waals surface area contributed by atoms with E-state index in [9.17, 15) is 18.0 Å². The second kappa shape index (κ2) is 11.2. The van der Waals surface area contributed by atoms with Crippen LogP contribution in [-0.4, -0.2) is 53.3 Å². The third kappa shape index (κ3) is 6.12. The minimum absolute atomic E-state index is 0.0275. The number of benzene rings is 3. The first-order valence-electron chi connectivity index (χ1n) is 11.4. The molecular formula is C26H26N2O8S. The van der Waals surface area contributed by atoms with Crippen LogP contribution in [0, 0.1) is 0 Å². The molecule has 1 amide bonds. The number of para-hydroxylation sites is 2. The number of hydrogen-bond donors (Lipinski definition) is 1. The van der Waals surface area contributed by atoms with E-state index in [4.69, 9.17) is 18.9 Å². The van der Waals surface area contributed by atoms with Gasteiger partial charge in [-0.15, -0.1) is 0 Å². The summed E-state index contributed by atoms with van der Waals surface area (Å²) in [5.74, 6) is 0.330. The lowest BCUT2D eigenvalue weighted by Crippen LogP contribution is -2.48. The third-order valence-electron chi connectivity index (χ3n) is 5.45. The molecule has 3 aromatic rings. The van der Waals surface area contributed by atoms with Crippen LogP contribution in [0.3, 0.4) is 0 Å². The average molecular weight is 527 g/mol. The van der Waals surface area contributed by atoms with Crippen LogP contribution in [0.25, 0.3) is 0 Å². The van der Waals surface area contributed by atoms with Crippen LogP contribution in [0.2, 0.25) is 0 Å². The summed E-state index contributed by atoms with van der Waals surface area (Å²) in [6.07, 6.45) is -0.962. The number of amides is 1. The van der Waals surface area contributed by atoms with Gasteiger partial charge in [0.2, 0.25) is 6.10 Å². The molecule has 1 aliphatic rings. The molecule has 0 aromatic heterocycles. The Kier molecular flexibility index (Phi) is 7.83. The maximum atomic E-state index is 13.0. The maximum Gasteiger partial charge on any atom is 0.348 e. The largest absolute Gasteiger partial charge is 0.494 e. The van der Waals surface area contributed by atoms with Gasteiger partial charge in [-0.1, -0.05) is 12.1 Å². The first kappa shape index (κ1) is 25.8. The number of carbonyl (C=O) groups excluding carboxylic acids is 2. The number of nitrogens with zero attached hydrogens (tertiary/aromatic N) is 1. The molecule has 4 rings (SSSR count). The average Bonchev–Trinajstić information content (AvgIpc) is 2.92. The molecule has 194 valence electrons. The lowest BCUT2D eigenvalue weighted by atomic mass is 10.2. The van der Waals surface area contributed by atoms with Gasteiger partial charge in [0.15, 0.2) is 6.61 Å². The topological polar surface area (TPSA) is 120 Å². The van der Waals surface area contributed by atoms with Gasteiger partial charge in [-0.2, -0.15) is 0 Å². The van der Waals surface area contributed by atoms with Gasteiger partial charge in [0, 0.05) is 5.69 Å². The number of esters is 1. The van der Waals surface area contributed by atoms with E-state index in [0.29, 0.717) is 35.2 Å². The summed E-state index contributed by atoms with van der Waals surface area (Å²) in [6, 6.07) is 19.1. The zero-order valence-electron chi connectivity index (χ0n) is 20.2. The Hall–Kier alpha value is -4.25. The molecule has 0 saturated heterocycles. The summed E-state index contributed by atoms with van der Waals surface area (Å²) in [5.41, 5.74) is 0.906. The maximum absolute atomic E-state index is 13.0. The van der Waals surface area contributed by atoms with Crippen LogP contribution in [0.4, 0.5) is 11.4 Å². The molecular weight excluding hydrogens is 500 g/mol. The SMILES string of the molecule is CCOc1ccc(NS(=O)(=O)c2ccc(OCC(=O)N3CC(C(=O)OC)Oc4ccccc43)cc2)cc1. The van der Waals surface area contributed by atoms with Crippen molar-refractivity contribution in [2.75, 3.05) is 36.5 Å². The normalized spacial score (nSPS) is 14.6. The van der Waals surface area contributed by atoms with Crippen molar-refractivity contribution in [1.82, 2.24) is 0 Å². The number of rotatable bonds is 9. The highest BCUT2D eigenvalue weighted by Gasteiger charge is 2.34. The van der Waals surface area contributed by atoms with Crippen molar-refractivity contribution in [2.24, 2.45) is 0 Å². The second-order valence-corrected chi connectivity index (χ2v) is 9.61. The molecule has 3 aromatic carbocycles. The molecule has 0 saturated carbocycles. The number of methoxy groups -OCH3 is 1. The fourth-order valence-corrected chi connectivity index (χ4v) is 4.72. The van der Waals surface area contributed by atoms with E-state index in [1.54, 1.807) is 48.5 Å². The Balaban J connectivity index is 1.39. The van der Waals surface area contributed by atoms with Crippen molar-refractivity contribution in [1.29, 1.82) is 0 Å². The summed E-state index contributed by atoms with van der Waals surface area (Å²) in [7, 11) is -2.58. The van der Waals surface area contributed by atoms with Crippen LogP contribution in [0.1, 0.15) is 6.92 Å².